The molecule has 1 atom stereocenters. The molecular weight excluding hydrogens is 154 g/mol. The molecule has 2 rings (SSSR count). The first-order valence-electron chi connectivity index (χ1n) is 4.01. The Morgan fingerprint density at radius 2 is 2.36 bits per heavy atom. The molecule has 0 saturated heterocycles. The molecule has 2 heteroatoms. The average molecular weight is 167 g/mol. The summed E-state index contributed by atoms with van der Waals surface area (Å²) in [7, 11) is 0. The molecule has 0 aliphatic heterocycles. The predicted molar refractivity (Wildman–Crippen MR) is 48.6 cm³/mol. The molecule has 1 unspecified atom stereocenters. The zero-order valence-corrected chi connectivity index (χ0v) is 7.53. The van der Waals surface area contributed by atoms with E-state index in [0.29, 0.717) is 5.41 Å². The van der Waals surface area contributed by atoms with Gasteiger partial charge in [0.15, 0.2) is 0 Å². The predicted octanol–water partition coefficient (Wildman–Crippen LogP) is 2.55. The summed E-state index contributed by atoms with van der Waals surface area (Å²) in [5, 5.41) is 2.10. The molecule has 2 N–H and O–H groups in total. The standard InChI is InChI=1S/C9H13NS/c1-9(4-5-9)8(10)7-3-2-6-11-7/h2-3,6,8H,4-5,10H2,1H3. The van der Waals surface area contributed by atoms with Crippen molar-refractivity contribution in [3.63, 3.8) is 0 Å². The Morgan fingerprint density at radius 3 is 2.82 bits per heavy atom. The lowest BCUT2D eigenvalue weighted by Crippen LogP contribution is -2.18. The van der Waals surface area contributed by atoms with Crippen molar-refractivity contribution in [2.75, 3.05) is 0 Å². The molecule has 0 bridgehead atoms. The highest BCUT2D eigenvalue weighted by molar-refractivity contribution is 7.10. The molecule has 1 saturated carbocycles. The van der Waals surface area contributed by atoms with Gasteiger partial charge in [-0.1, -0.05) is 13.0 Å². The quantitative estimate of drug-likeness (QED) is 0.719. The molecule has 60 valence electrons. The largest absolute Gasteiger partial charge is 0.323 e. The Hall–Kier alpha value is -0.340. The molecule has 0 aromatic carbocycles. The van der Waals surface area contributed by atoms with Gasteiger partial charge in [-0.25, -0.2) is 0 Å². The van der Waals surface area contributed by atoms with Crippen LogP contribution in [0.25, 0.3) is 0 Å². The average Bonchev–Trinajstić information content (AvgIpc) is 2.54. The minimum absolute atomic E-state index is 0.280. The SMILES string of the molecule is CC1(C(N)c2cccs2)CC1. The second-order valence-corrected chi connectivity index (χ2v) is 4.63. The number of rotatable bonds is 2. The van der Waals surface area contributed by atoms with E-state index >= 15 is 0 Å². The first-order chi connectivity index (χ1) is 5.22. The molecular formula is C9H13NS. The van der Waals surface area contributed by atoms with Gasteiger partial charge in [-0.2, -0.15) is 0 Å². The van der Waals surface area contributed by atoms with Crippen LogP contribution in [0.4, 0.5) is 0 Å². The molecule has 1 aliphatic rings. The van der Waals surface area contributed by atoms with Crippen molar-refractivity contribution in [1.82, 2.24) is 0 Å². The summed E-state index contributed by atoms with van der Waals surface area (Å²) < 4.78 is 0. The van der Waals surface area contributed by atoms with Crippen molar-refractivity contribution in [2.45, 2.75) is 25.8 Å². The Balaban J connectivity index is 2.17. The smallest absolute Gasteiger partial charge is 0.0444 e. The van der Waals surface area contributed by atoms with Crippen LogP contribution in [0.2, 0.25) is 0 Å². The van der Waals surface area contributed by atoms with Crippen molar-refractivity contribution in [1.29, 1.82) is 0 Å². The normalized spacial score (nSPS) is 23.1. The van der Waals surface area contributed by atoms with Gasteiger partial charge in [0.2, 0.25) is 0 Å². The molecule has 0 radical (unpaired) electrons. The third-order valence-electron chi connectivity index (χ3n) is 2.64. The Bertz CT molecular complexity index is 236. The van der Waals surface area contributed by atoms with Crippen molar-refractivity contribution in [2.24, 2.45) is 11.1 Å². The summed E-state index contributed by atoms with van der Waals surface area (Å²) >= 11 is 1.77. The van der Waals surface area contributed by atoms with Gasteiger partial charge in [-0.05, 0) is 29.7 Å². The van der Waals surface area contributed by atoms with Gasteiger partial charge < -0.3 is 5.73 Å². The summed E-state index contributed by atoms with van der Waals surface area (Å²) in [4.78, 5) is 1.34. The van der Waals surface area contributed by atoms with Crippen molar-refractivity contribution in [3.05, 3.63) is 22.4 Å². The molecule has 0 amide bonds. The highest BCUT2D eigenvalue weighted by atomic mass is 32.1. The molecule has 1 fully saturated rings. The van der Waals surface area contributed by atoms with Crippen LogP contribution < -0.4 is 5.73 Å². The lowest BCUT2D eigenvalue weighted by atomic mass is 9.99. The summed E-state index contributed by atoms with van der Waals surface area (Å²) in [6.45, 7) is 2.28. The first kappa shape index (κ1) is 7.32. The summed E-state index contributed by atoms with van der Waals surface area (Å²) in [6, 6.07) is 4.49. The minimum Gasteiger partial charge on any atom is -0.323 e. The fourth-order valence-corrected chi connectivity index (χ4v) is 2.22. The molecule has 1 heterocycles. The highest BCUT2D eigenvalue weighted by Gasteiger charge is 2.43. The van der Waals surface area contributed by atoms with E-state index in [4.69, 9.17) is 5.73 Å². The number of thiophene rings is 1. The van der Waals surface area contributed by atoms with Crippen LogP contribution in [-0.4, -0.2) is 0 Å². The molecule has 1 aromatic heterocycles. The second-order valence-electron chi connectivity index (χ2n) is 3.65. The number of hydrogen-bond donors (Lipinski definition) is 1. The van der Waals surface area contributed by atoms with Crippen molar-refractivity contribution in [3.8, 4) is 0 Å². The topological polar surface area (TPSA) is 26.0 Å². The number of nitrogens with two attached hydrogens (primary N) is 1. The lowest BCUT2D eigenvalue weighted by molar-refractivity contribution is 0.457. The fraction of sp³-hybridized carbons (Fsp3) is 0.556. The summed E-state index contributed by atoms with van der Waals surface area (Å²) in [5.41, 5.74) is 6.51. The highest BCUT2D eigenvalue weighted by Crippen LogP contribution is 2.53. The second kappa shape index (κ2) is 2.32. The van der Waals surface area contributed by atoms with Crippen LogP contribution in [0.5, 0.6) is 0 Å². The van der Waals surface area contributed by atoms with Crippen LogP contribution >= 0.6 is 11.3 Å². The number of hydrogen-bond acceptors (Lipinski definition) is 2. The van der Waals surface area contributed by atoms with Crippen LogP contribution in [0.3, 0.4) is 0 Å². The Morgan fingerprint density at radius 1 is 1.64 bits per heavy atom. The molecule has 1 nitrogen and oxygen atoms in total. The van der Waals surface area contributed by atoms with Gasteiger partial charge in [0.05, 0.1) is 0 Å². The van der Waals surface area contributed by atoms with Gasteiger partial charge in [0.25, 0.3) is 0 Å². The lowest BCUT2D eigenvalue weighted by Gasteiger charge is -2.16. The van der Waals surface area contributed by atoms with E-state index in [2.05, 4.69) is 24.4 Å². The van der Waals surface area contributed by atoms with E-state index in [1.54, 1.807) is 11.3 Å². The van der Waals surface area contributed by atoms with E-state index in [9.17, 15) is 0 Å². The fourth-order valence-electron chi connectivity index (χ4n) is 1.32. The Kier molecular flexibility index (Phi) is 1.55. The van der Waals surface area contributed by atoms with Gasteiger partial charge in [0.1, 0.15) is 0 Å². The Labute approximate surface area is 71.2 Å². The van der Waals surface area contributed by atoms with E-state index < -0.39 is 0 Å². The molecule has 1 aromatic rings. The van der Waals surface area contributed by atoms with Gasteiger partial charge in [-0.15, -0.1) is 11.3 Å². The maximum absolute atomic E-state index is 6.09. The molecule has 1 aliphatic carbocycles. The maximum Gasteiger partial charge on any atom is 0.0444 e. The monoisotopic (exact) mass is 167 g/mol. The maximum atomic E-state index is 6.09. The van der Waals surface area contributed by atoms with Gasteiger partial charge in [-0.3, -0.25) is 0 Å². The third-order valence-corrected chi connectivity index (χ3v) is 3.59. The zero-order chi connectivity index (χ0) is 7.90. The van der Waals surface area contributed by atoms with Gasteiger partial charge >= 0.3 is 0 Å². The van der Waals surface area contributed by atoms with Crippen LogP contribution in [0.15, 0.2) is 17.5 Å². The molecule has 0 spiro atoms. The van der Waals surface area contributed by atoms with E-state index in [1.807, 2.05) is 0 Å². The van der Waals surface area contributed by atoms with Crippen LogP contribution in [0, 0.1) is 5.41 Å². The van der Waals surface area contributed by atoms with E-state index in [0.717, 1.165) is 0 Å². The first-order valence-corrected chi connectivity index (χ1v) is 4.89. The van der Waals surface area contributed by atoms with E-state index in [-0.39, 0.29) is 6.04 Å². The molecule has 11 heavy (non-hydrogen) atoms. The van der Waals surface area contributed by atoms with Crippen LogP contribution in [-0.2, 0) is 0 Å². The van der Waals surface area contributed by atoms with Crippen molar-refractivity contribution < 1.29 is 0 Å². The zero-order valence-electron chi connectivity index (χ0n) is 6.71. The van der Waals surface area contributed by atoms with Crippen LogP contribution in [0.1, 0.15) is 30.7 Å². The van der Waals surface area contributed by atoms with E-state index in [1.165, 1.54) is 17.7 Å². The third kappa shape index (κ3) is 1.21. The van der Waals surface area contributed by atoms with Crippen molar-refractivity contribution >= 4 is 11.3 Å². The summed E-state index contributed by atoms with van der Waals surface area (Å²) in [6.07, 6.45) is 2.60. The van der Waals surface area contributed by atoms with Gasteiger partial charge in [0, 0.05) is 10.9 Å². The summed E-state index contributed by atoms with van der Waals surface area (Å²) in [5.74, 6) is 0. The minimum atomic E-state index is 0.280.